The molecule has 0 atom stereocenters. The first kappa shape index (κ1) is 13.1. The van der Waals surface area contributed by atoms with Crippen molar-refractivity contribution in [3.05, 3.63) is 34.6 Å². The van der Waals surface area contributed by atoms with Crippen LogP contribution in [0.25, 0.3) is 0 Å². The molecule has 0 aliphatic rings. The summed E-state index contributed by atoms with van der Waals surface area (Å²) in [5, 5.41) is 0.190. The van der Waals surface area contributed by atoms with Gasteiger partial charge in [-0.05, 0) is 31.5 Å². The molecule has 14 heavy (non-hydrogen) atoms. The summed E-state index contributed by atoms with van der Waals surface area (Å²) >= 11 is 5.44. The van der Waals surface area contributed by atoms with Crippen LogP contribution >= 0.6 is 11.6 Å². The summed E-state index contributed by atoms with van der Waals surface area (Å²) in [6.07, 6.45) is 0.667. The largest absolute Gasteiger partial charge is 0.300 e. The van der Waals surface area contributed by atoms with Gasteiger partial charge >= 0.3 is 0 Å². The number of hydrogen-bond acceptors (Lipinski definition) is 1. The highest BCUT2D eigenvalue weighted by Crippen LogP contribution is 2.14. The van der Waals surface area contributed by atoms with Gasteiger partial charge < -0.3 is 4.79 Å². The van der Waals surface area contributed by atoms with Gasteiger partial charge in [0.2, 0.25) is 0 Å². The Hall–Kier alpha value is -0.890. The fourth-order valence-electron chi connectivity index (χ4n) is 0.601. The molecule has 0 aliphatic heterocycles. The van der Waals surface area contributed by atoms with Crippen molar-refractivity contribution in [2.75, 3.05) is 0 Å². The van der Waals surface area contributed by atoms with E-state index in [4.69, 9.17) is 11.6 Å². The lowest BCUT2D eigenvalue weighted by Gasteiger charge is -1.93. The van der Waals surface area contributed by atoms with E-state index in [2.05, 4.69) is 0 Å². The van der Waals surface area contributed by atoms with Crippen molar-refractivity contribution in [2.45, 2.75) is 27.2 Å². The minimum absolute atomic E-state index is 0.190. The van der Waals surface area contributed by atoms with Crippen molar-refractivity contribution in [3.63, 3.8) is 0 Å². The van der Waals surface area contributed by atoms with Crippen LogP contribution in [0, 0.1) is 12.7 Å². The monoisotopic (exact) mass is 216 g/mol. The molecule has 1 aromatic rings. The van der Waals surface area contributed by atoms with Crippen molar-refractivity contribution in [3.8, 4) is 0 Å². The van der Waals surface area contributed by atoms with Crippen LogP contribution < -0.4 is 0 Å². The molecule has 0 bridgehead atoms. The number of rotatable bonds is 1. The van der Waals surface area contributed by atoms with Gasteiger partial charge in [0.05, 0.1) is 5.02 Å². The molecule has 0 saturated carbocycles. The van der Waals surface area contributed by atoms with Crippen molar-refractivity contribution in [2.24, 2.45) is 0 Å². The fourth-order valence-corrected chi connectivity index (χ4v) is 0.836. The van der Waals surface area contributed by atoms with E-state index in [-0.39, 0.29) is 16.6 Å². The van der Waals surface area contributed by atoms with E-state index in [0.29, 0.717) is 6.42 Å². The molecular formula is C11H14ClFO. The first-order valence-electron chi connectivity index (χ1n) is 4.38. The maximum Gasteiger partial charge on any atom is 0.141 e. The average molecular weight is 217 g/mol. The minimum atomic E-state index is -0.359. The van der Waals surface area contributed by atoms with Gasteiger partial charge in [0, 0.05) is 6.42 Å². The SMILES string of the molecule is CCC(C)=O.Cc1ccc(F)c(Cl)c1. The first-order valence-corrected chi connectivity index (χ1v) is 4.76. The Labute approximate surface area is 88.9 Å². The van der Waals surface area contributed by atoms with E-state index in [9.17, 15) is 9.18 Å². The molecule has 1 nitrogen and oxygen atoms in total. The zero-order valence-corrected chi connectivity index (χ0v) is 9.36. The zero-order valence-electron chi connectivity index (χ0n) is 8.60. The van der Waals surface area contributed by atoms with Crippen LogP contribution in [0.3, 0.4) is 0 Å². The Bertz CT molecular complexity index is 310. The Morgan fingerprint density at radius 2 is 2.00 bits per heavy atom. The Balaban J connectivity index is 0.000000292. The summed E-state index contributed by atoms with van der Waals surface area (Å²) in [4.78, 5) is 9.81. The van der Waals surface area contributed by atoms with Gasteiger partial charge in [-0.1, -0.05) is 24.6 Å². The van der Waals surface area contributed by atoms with Gasteiger partial charge in [-0.15, -0.1) is 0 Å². The van der Waals surface area contributed by atoms with Crippen molar-refractivity contribution in [1.82, 2.24) is 0 Å². The highest BCUT2D eigenvalue weighted by atomic mass is 35.5. The van der Waals surface area contributed by atoms with E-state index < -0.39 is 0 Å². The number of ketones is 1. The molecule has 0 radical (unpaired) electrons. The lowest BCUT2D eigenvalue weighted by Crippen LogP contribution is -1.80. The van der Waals surface area contributed by atoms with Crippen molar-refractivity contribution >= 4 is 17.4 Å². The van der Waals surface area contributed by atoms with Crippen LogP contribution in [0.2, 0.25) is 5.02 Å². The standard InChI is InChI=1S/C7H6ClF.C4H8O/c1-5-2-3-7(9)6(8)4-5;1-3-4(2)5/h2-4H,1H3;3H2,1-2H3. The molecule has 0 saturated heterocycles. The van der Waals surface area contributed by atoms with Gasteiger partial charge in [-0.3, -0.25) is 0 Å². The summed E-state index contributed by atoms with van der Waals surface area (Å²) < 4.78 is 12.4. The lowest BCUT2D eigenvalue weighted by atomic mass is 10.2. The number of hydrogen-bond donors (Lipinski definition) is 0. The van der Waals surface area contributed by atoms with Crippen LogP contribution in [0.15, 0.2) is 18.2 Å². The van der Waals surface area contributed by atoms with Crippen LogP contribution in [0.4, 0.5) is 4.39 Å². The number of halogens is 2. The third-order valence-electron chi connectivity index (χ3n) is 1.57. The number of carbonyl (C=O) groups is 1. The molecule has 1 rings (SSSR count). The molecule has 0 aromatic heterocycles. The van der Waals surface area contributed by atoms with Gasteiger partial charge in [0.1, 0.15) is 11.6 Å². The minimum Gasteiger partial charge on any atom is -0.300 e. The number of carbonyl (C=O) groups excluding carboxylic acids is 1. The molecule has 0 aliphatic carbocycles. The highest BCUT2D eigenvalue weighted by molar-refractivity contribution is 6.30. The molecule has 0 amide bonds. The molecule has 0 spiro atoms. The summed E-state index contributed by atoms with van der Waals surface area (Å²) in [5.74, 6) is -0.104. The van der Waals surface area contributed by atoms with Crippen LogP contribution in [0.1, 0.15) is 25.8 Å². The smallest absolute Gasteiger partial charge is 0.141 e. The zero-order chi connectivity index (χ0) is 11.1. The maximum atomic E-state index is 12.4. The summed E-state index contributed by atoms with van der Waals surface area (Å²) in [5.41, 5.74) is 0.974. The third-order valence-corrected chi connectivity index (χ3v) is 1.86. The molecule has 0 heterocycles. The van der Waals surface area contributed by atoms with Gasteiger partial charge in [0.15, 0.2) is 0 Å². The topological polar surface area (TPSA) is 17.1 Å². The second-order valence-corrected chi connectivity index (χ2v) is 3.38. The Kier molecular flexibility index (Phi) is 6.13. The number of aryl methyl sites for hydroxylation is 1. The fraction of sp³-hybridized carbons (Fsp3) is 0.364. The summed E-state index contributed by atoms with van der Waals surface area (Å²) in [6, 6.07) is 4.63. The number of Topliss-reactive ketones (excluding diaryl/α,β-unsaturated/α-hetero) is 1. The van der Waals surface area contributed by atoms with Gasteiger partial charge in [-0.25, -0.2) is 4.39 Å². The van der Waals surface area contributed by atoms with Gasteiger partial charge in [-0.2, -0.15) is 0 Å². The molecular weight excluding hydrogens is 203 g/mol. The molecule has 0 fully saturated rings. The van der Waals surface area contributed by atoms with Gasteiger partial charge in [0.25, 0.3) is 0 Å². The second-order valence-electron chi connectivity index (χ2n) is 2.97. The highest BCUT2D eigenvalue weighted by Gasteiger charge is 1.95. The quantitative estimate of drug-likeness (QED) is 0.699. The first-order chi connectivity index (χ1) is 6.47. The van der Waals surface area contributed by atoms with E-state index in [1.54, 1.807) is 19.1 Å². The van der Waals surface area contributed by atoms with Crippen LogP contribution in [0.5, 0.6) is 0 Å². The molecule has 0 unspecified atom stereocenters. The summed E-state index contributed by atoms with van der Waals surface area (Å²) in [6.45, 7) is 5.30. The number of benzene rings is 1. The van der Waals surface area contributed by atoms with Crippen molar-refractivity contribution < 1.29 is 9.18 Å². The maximum absolute atomic E-state index is 12.4. The Morgan fingerprint density at radius 1 is 1.50 bits per heavy atom. The van der Waals surface area contributed by atoms with Crippen LogP contribution in [-0.2, 0) is 4.79 Å². The normalized spacial score (nSPS) is 8.93. The molecule has 1 aromatic carbocycles. The van der Waals surface area contributed by atoms with E-state index in [0.717, 1.165) is 5.56 Å². The second kappa shape index (κ2) is 6.55. The molecule has 78 valence electrons. The van der Waals surface area contributed by atoms with E-state index in [1.807, 2.05) is 13.8 Å². The lowest BCUT2D eigenvalue weighted by molar-refractivity contribution is -0.116. The third kappa shape index (κ3) is 5.70. The van der Waals surface area contributed by atoms with E-state index in [1.165, 1.54) is 6.07 Å². The molecule has 0 N–H and O–H groups in total. The van der Waals surface area contributed by atoms with Crippen molar-refractivity contribution in [1.29, 1.82) is 0 Å². The molecule has 3 heteroatoms. The Morgan fingerprint density at radius 3 is 2.29 bits per heavy atom. The predicted octanol–water partition coefficient (Wildman–Crippen LogP) is 3.77. The predicted molar refractivity (Wildman–Crippen MR) is 57.1 cm³/mol. The van der Waals surface area contributed by atoms with Crippen LogP contribution in [-0.4, -0.2) is 5.78 Å². The summed E-state index contributed by atoms with van der Waals surface area (Å²) in [7, 11) is 0. The van der Waals surface area contributed by atoms with E-state index >= 15 is 0 Å². The average Bonchev–Trinajstić information content (AvgIpc) is 2.13.